The van der Waals surface area contributed by atoms with Crippen molar-refractivity contribution in [3.8, 4) is 0 Å². The Hall–Kier alpha value is 0. The molecule has 0 aliphatic heterocycles. The third-order valence-electron chi connectivity index (χ3n) is 6.04. The second kappa shape index (κ2) is 19.3. The normalized spacial score (nSPS) is 14.0. The lowest BCUT2D eigenvalue weighted by molar-refractivity contribution is 0.465. The van der Waals surface area contributed by atoms with E-state index in [-0.39, 0.29) is 0 Å². The van der Waals surface area contributed by atoms with Crippen LogP contribution in [0.1, 0.15) is 143 Å². The van der Waals surface area contributed by atoms with Crippen molar-refractivity contribution in [2.24, 2.45) is 11.8 Å². The van der Waals surface area contributed by atoms with Gasteiger partial charge in [0.25, 0.3) is 0 Å². The quantitative estimate of drug-likeness (QED) is 0.206. The first kappa shape index (κ1) is 24.0. The van der Waals surface area contributed by atoms with Crippen molar-refractivity contribution in [2.75, 3.05) is 0 Å². The van der Waals surface area contributed by atoms with Gasteiger partial charge in [-0.15, -0.1) is 0 Å². The standard InChI is InChI=1S/C24H50/c1-5-23(3)21-19-17-15-13-11-9-7-8-10-12-14-16-18-20-22-24(4)6-2/h23-24H,5-22H2,1-4H3. The van der Waals surface area contributed by atoms with Crippen LogP contribution in [-0.2, 0) is 0 Å². The molecule has 2 unspecified atom stereocenters. The minimum absolute atomic E-state index is 0.949. The number of hydrogen-bond donors (Lipinski definition) is 0. The minimum Gasteiger partial charge on any atom is -0.0651 e. The highest BCUT2D eigenvalue weighted by Crippen LogP contribution is 2.17. The Bertz CT molecular complexity index is 196. The van der Waals surface area contributed by atoms with Crippen LogP contribution in [0.25, 0.3) is 0 Å². The van der Waals surface area contributed by atoms with Crippen LogP contribution < -0.4 is 0 Å². The molecular weight excluding hydrogens is 288 g/mol. The fraction of sp³-hybridized carbons (Fsp3) is 1.00. The summed E-state index contributed by atoms with van der Waals surface area (Å²) in [6.07, 6.45) is 26.3. The van der Waals surface area contributed by atoms with Crippen LogP contribution in [0.2, 0.25) is 0 Å². The Morgan fingerprint density at radius 3 is 0.792 bits per heavy atom. The molecule has 0 aliphatic rings. The molecule has 0 aromatic carbocycles. The van der Waals surface area contributed by atoms with Gasteiger partial charge in [-0.1, -0.05) is 143 Å². The van der Waals surface area contributed by atoms with E-state index < -0.39 is 0 Å². The van der Waals surface area contributed by atoms with Gasteiger partial charge in [0.1, 0.15) is 0 Å². The van der Waals surface area contributed by atoms with E-state index in [0.717, 1.165) is 11.8 Å². The predicted octanol–water partition coefficient (Wildman–Crippen LogP) is 9.32. The number of unbranched alkanes of at least 4 members (excludes halogenated alkanes) is 13. The zero-order valence-electron chi connectivity index (χ0n) is 17.9. The summed E-state index contributed by atoms with van der Waals surface area (Å²) in [4.78, 5) is 0. The molecule has 0 spiro atoms. The molecule has 24 heavy (non-hydrogen) atoms. The molecule has 146 valence electrons. The van der Waals surface area contributed by atoms with Crippen molar-refractivity contribution < 1.29 is 0 Å². The van der Waals surface area contributed by atoms with Crippen molar-refractivity contribution in [1.29, 1.82) is 0 Å². The fourth-order valence-electron chi connectivity index (χ4n) is 3.52. The molecule has 0 radical (unpaired) electrons. The zero-order valence-corrected chi connectivity index (χ0v) is 17.9. The highest BCUT2D eigenvalue weighted by Gasteiger charge is 1.99. The molecule has 0 aliphatic carbocycles. The predicted molar refractivity (Wildman–Crippen MR) is 113 cm³/mol. The molecule has 0 bridgehead atoms. The molecule has 0 aromatic rings. The van der Waals surface area contributed by atoms with Crippen LogP contribution in [0.5, 0.6) is 0 Å². The van der Waals surface area contributed by atoms with E-state index in [4.69, 9.17) is 0 Å². The summed E-state index contributed by atoms with van der Waals surface area (Å²) >= 11 is 0. The maximum absolute atomic E-state index is 2.40. The smallest absolute Gasteiger partial charge is 0.0445 e. The van der Waals surface area contributed by atoms with E-state index in [2.05, 4.69) is 27.7 Å². The monoisotopic (exact) mass is 338 g/mol. The molecule has 0 N–H and O–H groups in total. The van der Waals surface area contributed by atoms with E-state index in [0.29, 0.717) is 0 Å². The van der Waals surface area contributed by atoms with Crippen LogP contribution >= 0.6 is 0 Å². The van der Waals surface area contributed by atoms with Gasteiger partial charge in [0, 0.05) is 0 Å². The molecule has 0 amide bonds. The van der Waals surface area contributed by atoms with Gasteiger partial charge in [-0.25, -0.2) is 0 Å². The molecule has 0 saturated carbocycles. The average Bonchev–Trinajstić information content (AvgIpc) is 2.60. The lowest BCUT2D eigenvalue weighted by Gasteiger charge is -2.08. The van der Waals surface area contributed by atoms with Gasteiger partial charge in [0.05, 0.1) is 0 Å². The third kappa shape index (κ3) is 18.3. The molecule has 0 heterocycles. The number of hydrogen-bond acceptors (Lipinski definition) is 0. The fourth-order valence-corrected chi connectivity index (χ4v) is 3.52. The maximum atomic E-state index is 2.40. The topological polar surface area (TPSA) is 0 Å². The summed E-state index contributed by atoms with van der Waals surface area (Å²) in [6.45, 7) is 9.43. The second-order valence-electron chi connectivity index (χ2n) is 8.55. The van der Waals surface area contributed by atoms with E-state index in [9.17, 15) is 0 Å². The molecule has 2 atom stereocenters. The maximum Gasteiger partial charge on any atom is -0.0445 e. The van der Waals surface area contributed by atoms with Gasteiger partial charge < -0.3 is 0 Å². The van der Waals surface area contributed by atoms with Crippen LogP contribution in [0.15, 0.2) is 0 Å². The van der Waals surface area contributed by atoms with Gasteiger partial charge in [0.15, 0.2) is 0 Å². The van der Waals surface area contributed by atoms with Crippen molar-refractivity contribution >= 4 is 0 Å². The Balaban J connectivity index is 3.03. The van der Waals surface area contributed by atoms with Crippen LogP contribution in [0, 0.1) is 11.8 Å². The van der Waals surface area contributed by atoms with Crippen molar-refractivity contribution in [2.45, 2.75) is 143 Å². The average molecular weight is 339 g/mol. The second-order valence-corrected chi connectivity index (χ2v) is 8.55. The Kier molecular flexibility index (Phi) is 19.3. The first-order chi connectivity index (χ1) is 11.7. The summed E-state index contributed by atoms with van der Waals surface area (Å²) in [5.41, 5.74) is 0. The van der Waals surface area contributed by atoms with Gasteiger partial charge in [-0.05, 0) is 11.8 Å². The van der Waals surface area contributed by atoms with Gasteiger partial charge >= 0.3 is 0 Å². The lowest BCUT2D eigenvalue weighted by atomic mass is 9.99. The lowest BCUT2D eigenvalue weighted by Crippen LogP contribution is -1.91. The first-order valence-electron chi connectivity index (χ1n) is 11.7. The highest BCUT2D eigenvalue weighted by atomic mass is 14.1. The van der Waals surface area contributed by atoms with Gasteiger partial charge in [0.2, 0.25) is 0 Å². The van der Waals surface area contributed by atoms with E-state index in [1.165, 1.54) is 116 Å². The van der Waals surface area contributed by atoms with Gasteiger partial charge in [-0.3, -0.25) is 0 Å². The summed E-state index contributed by atoms with van der Waals surface area (Å²) in [5.74, 6) is 1.90. The molecule has 0 saturated heterocycles. The Labute approximate surface area is 155 Å². The third-order valence-corrected chi connectivity index (χ3v) is 6.04. The first-order valence-corrected chi connectivity index (χ1v) is 11.7. The van der Waals surface area contributed by atoms with Crippen molar-refractivity contribution in [3.05, 3.63) is 0 Å². The van der Waals surface area contributed by atoms with Crippen molar-refractivity contribution in [1.82, 2.24) is 0 Å². The molecular formula is C24H50. The Morgan fingerprint density at radius 1 is 0.375 bits per heavy atom. The summed E-state index contributed by atoms with van der Waals surface area (Å²) < 4.78 is 0. The van der Waals surface area contributed by atoms with E-state index in [1.807, 2.05) is 0 Å². The summed E-state index contributed by atoms with van der Waals surface area (Å²) in [5, 5.41) is 0. The van der Waals surface area contributed by atoms with E-state index >= 15 is 0 Å². The molecule has 0 rings (SSSR count). The highest BCUT2D eigenvalue weighted by molar-refractivity contribution is 4.53. The molecule has 0 aromatic heterocycles. The van der Waals surface area contributed by atoms with Crippen LogP contribution in [0.4, 0.5) is 0 Å². The molecule has 0 fully saturated rings. The van der Waals surface area contributed by atoms with Crippen LogP contribution in [0.3, 0.4) is 0 Å². The molecule has 0 nitrogen and oxygen atoms in total. The largest absolute Gasteiger partial charge is 0.0651 e. The minimum atomic E-state index is 0.949. The summed E-state index contributed by atoms with van der Waals surface area (Å²) in [7, 11) is 0. The Morgan fingerprint density at radius 2 is 0.583 bits per heavy atom. The molecule has 0 heteroatoms. The SMILES string of the molecule is CCC(C)CCCCCCCCCCCCCCCCC(C)CC. The number of rotatable bonds is 19. The van der Waals surface area contributed by atoms with Gasteiger partial charge in [-0.2, -0.15) is 0 Å². The summed E-state index contributed by atoms with van der Waals surface area (Å²) in [6, 6.07) is 0. The van der Waals surface area contributed by atoms with Crippen molar-refractivity contribution in [3.63, 3.8) is 0 Å². The van der Waals surface area contributed by atoms with Crippen LogP contribution in [-0.4, -0.2) is 0 Å². The van der Waals surface area contributed by atoms with E-state index in [1.54, 1.807) is 0 Å². The zero-order chi connectivity index (χ0) is 17.9.